The summed E-state index contributed by atoms with van der Waals surface area (Å²) in [5.41, 5.74) is -9.28. The third-order valence-electron chi connectivity index (χ3n) is 15.4. The van der Waals surface area contributed by atoms with Crippen LogP contribution >= 0.6 is 23.5 Å². The van der Waals surface area contributed by atoms with E-state index in [1.807, 2.05) is 18.7 Å². The number of rotatable bonds is 26. The Morgan fingerprint density at radius 1 is 0.604 bits per heavy atom. The number of fused-ring (bicyclic) bond motifs is 2. The summed E-state index contributed by atoms with van der Waals surface area (Å²) in [5.74, 6) is -5.68. The molecule has 1 unspecified atom stereocenters. The van der Waals surface area contributed by atoms with Gasteiger partial charge in [0.25, 0.3) is 11.1 Å². The molecule has 0 aliphatic heterocycles. The van der Waals surface area contributed by atoms with Gasteiger partial charge in [-0.3, -0.25) is 19.2 Å². The molecule has 2 amide bonds. The number of likely N-dealkylation sites (N-methyl/N-ethyl adjacent to an activating group) is 2. The van der Waals surface area contributed by atoms with E-state index in [4.69, 9.17) is 23.3 Å². The lowest BCUT2D eigenvalue weighted by molar-refractivity contribution is -0.138. The van der Waals surface area contributed by atoms with Crippen LogP contribution in [0.2, 0.25) is 0 Å². The molecule has 2 aliphatic rings. The zero-order chi connectivity index (χ0) is 90.1. The second kappa shape index (κ2) is 32.9. The van der Waals surface area contributed by atoms with Crippen LogP contribution in [0.5, 0.6) is 0 Å². The largest absolute Gasteiger partial charge is 0.416 e. The first kappa shape index (κ1) is 46.3. The SMILES string of the molecule is [2H]c1c([2H])c(C([2H])([2H])N(CCN(CC)CC)C(=O)C([2H])([2H])n2c(SCc3ccc(F)cc3)nc(=O)c3c2C([2H])([2H])C([2H])([2H])C3([2H])[2H])c([2H])c([2H])c1-c1c([2H])c([2H])c(C(F)(F)F)c(C)c1[2H].[2H]c1c([2H])c(CSc2nc(=O)c3c(n2C([2H])([2H])C(=O)N(CCN(CC)CC)C([2H])(C)c2ccc(-c4ccc(C(F)(F)F)cc4)cc2)CCC3)c([2H])c([2H])c1F. The van der Waals surface area contributed by atoms with Crippen LogP contribution in [0, 0.1) is 18.6 Å². The molecule has 1 atom stereocenters. The minimum Gasteiger partial charge on any atom is -0.336 e. The molecule has 6 aromatic carbocycles. The van der Waals surface area contributed by atoms with E-state index in [1.54, 1.807) is 43.0 Å². The fourth-order valence-corrected chi connectivity index (χ4v) is 11.8. The Labute approximate surface area is 597 Å². The Bertz CT molecular complexity index is 5320. The predicted octanol–water partition coefficient (Wildman–Crippen LogP) is 15.3. The van der Waals surface area contributed by atoms with Crippen LogP contribution < -0.4 is 11.1 Å². The number of carbonyl (C=O) groups is 2. The average molecular weight is 1390 g/mol. The van der Waals surface area contributed by atoms with E-state index in [-0.39, 0.29) is 82.1 Å². The maximum absolute atomic E-state index is 15.0. The van der Waals surface area contributed by atoms with Crippen LogP contribution in [0.3, 0.4) is 0 Å². The van der Waals surface area contributed by atoms with E-state index < -0.39 is 214 Å². The highest BCUT2D eigenvalue weighted by atomic mass is 32.2. The molecule has 2 heterocycles. The van der Waals surface area contributed by atoms with Crippen molar-refractivity contribution >= 4 is 35.3 Å². The highest BCUT2D eigenvalue weighted by molar-refractivity contribution is 7.98. The number of thioether (sulfide) groups is 2. The van der Waals surface area contributed by atoms with Gasteiger partial charge in [0.1, 0.15) is 24.6 Å². The maximum atomic E-state index is 15.0. The zero-order valence-corrected chi connectivity index (χ0v) is 54.3. The highest BCUT2D eigenvalue weighted by Crippen LogP contribution is 2.36. The Kier molecular flexibility index (Phi) is 15.9. The molecule has 2 aliphatic carbocycles. The van der Waals surface area contributed by atoms with Gasteiger partial charge in [0, 0.05) is 74.9 Å². The summed E-state index contributed by atoms with van der Waals surface area (Å²) in [6.45, 7) is -0.137. The molecule has 0 saturated carbocycles. The van der Waals surface area contributed by atoms with Crippen molar-refractivity contribution in [1.82, 2.24) is 38.7 Å². The molecule has 2 aromatic heterocycles. The van der Waals surface area contributed by atoms with Gasteiger partial charge in [-0.2, -0.15) is 36.3 Å². The molecule has 0 spiro atoms. The van der Waals surface area contributed by atoms with Gasteiger partial charge in [-0.15, -0.1) is 0 Å². The first-order valence-electron chi connectivity index (χ1n) is 42.2. The molecule has 0 N–H and O–H groups in total. The maximum Gasteiger partial charge on any atom is 0.416 e. The molecular weight excluding hydrogens is 1280 g/mol. The summed E-state index contributed by atoms with van der Waals surface area (Å²) in [5, 5.41) is -1.09. The molecule has 10 rings (SSSR count). The van der Waals surface area contributed by atoms with Gasteiger partial charge in [-0.1, -0.05) is 148 Å². The van der Waals surface area contributed by atoms with Crippen LogP contribution in [-0.2, 0) is 78.5 Å². The number of hydrogen-bond donors (Lipinski definition) is 0. The predicted molar refractivity (Wildman–Crippen MR) is 363 cm³/mol. The van der Waals surface area contributed by atoms with Crippen molar-refractivity contribution in [3.63, 3.8) is 0 Å². The van der Waals surface area contributed by atoms with Gasteiger partial charge in [0.15, 0.2) is 10.3 Å². The van der Waals surface area contributed by atoms with Crippen LogP contribution in [0.4, 0.5) is 35.1 Å². The number of hydrogen-bond acceptors (Lipinski definition) is 10. The fraction of sp³-hybridized carbons (Fsp3) is 0.378. The van der Waals surface area contributed by atoms with Gasteiger partial charge in [0.05, 0.1) is 41.8 Å². The van der Waals surface area contributed by atoms with Crippen LogP contribution in [0.15, 0.2) is 159 Å². The average Bonchev–Trinajstić information content (AvgIpc) is 1.51. The van der Waals surface area contributed by atoms with Crippen molar-refractivity contribution in [2.45, 2.75) is 140 Å². The number of aromatic nitrogens is 4. The third-order valence-corrected chi connectivity index (χ3v) is 17.4. The Balaban J connectivity index is 0.000000277. The molecule has 22 heteroatoms. The molecule has 12 nitrogen and oxygen atoms in total. The van der Waals surface area contributed by atoms with Gasteiger partial charge in [-0.05, 0) is 171 Å². The van der Waals surface area contributed by atoms with E-state index in [0.717, 1.165) is 40.7 Å². The van der Waals surface area contributed by atoms with Crippen LogP contribution in [0.25, 0.3) is 22.3 Å². The standard InChI is InChI=1S/2C37H40F4N4O2S/c1-4-43(5-2)21-22-44(25(3)27-11-13-28(14-12-27)29-15-17-30(18-16-29)37(39,40)41)34(46)23-45-33-8-6-7-32(33)35(47)42-36(45)48-24-26-9-19-31(38)20-10-26;1-4-43(5-2)19-20-44(22-26-9-13-28(14-10-26)29-15-18-32(25(3)21-29)37(39,40)41)34(46)23-45-33-8-6-7-31(33)35(47)42-36(45)48-24-27-11-16-30(38)17-12-27/h9-20,25H,4-8,21-24H2,1-3H3;9-18,21H,4-8,19-20,22-24H2,1-3H3/i9D,10D,19D,20D,23D2,25D;6D2,7D2,8D2,9D,10D,13D,14D,15D,18D,21D,22D2,23D2. The molecule has 508 valence electrons. The van der Waals surface area contributed by atoms with E-state index in [2.05, 4.69) is 9.97 Å². The van der Waals surface area contributed by atoms with Crippen molar-refractivity contribution in [1.29, 1.82) is 0 Å². The van der Waals surface area contributed by atoms with Crippen molar-refractivity contribution in [3.05, 3.63) is 233 Å². The van der Waals surface area contributed by atoms with E-state index in [0.29, 0.717) is 71.7 Å². The van der Waals surface area contributed by atoms with E-state index in [9.17, 15) is 59.1 Å². The van der Waals surface area contributed by atoms with E-state index in [1.165, 1.54) is 31.2 Å². The smallest absolute Gasteiger partial charge is 0.336 e. The summed E-state index contributed by atoms with van der Waals surface area (Å²) in [6, 6.07) is 1.89. The first-order valence-corrected chi connectivity index (χ1v) is 32.2. The molecule has 0 bridgehead atoms. The monoisotopic (exact) mass is 1380 g/mol. The van der Waals surface area contributed by atoms with Crippen LogP contribution in [0.1, 0.15) is 148 Å². The first-order chi connectivity index (χ1) is 55.4. The third kappa shape index (κ3) is 18.6. The lowest BCUT2D eigenvalue weighted by Crippen LogP contribution is -2.42. The lowest BCUT2D eigenvalue weighted by Gasteiger charge is -2.33. The minimum atomic E-state index is -5.21. The Morgan fingerprint density at radius 2 is 1.15 bits per heavy atom. The van der Waals surface area contributed by atoms with Gasteiger partial charge >= 0.3 is 12.4 Å². The molecule has 0 fully saturated rings. The number of amides is 2. The number of benzene rings is 6. The van der Waals surface area contributed by atoms with Crippen molar-refractivity contribution in [2.24, 2.45) is 0 Å². The van der Waals surface area contributed by atoms with Gasteiger partial charge in [-0.25, -0.2) is 8.78 Å². The number of carbonyl (C=O) groups excluding carboxylic acids is 2. The summed E-state index contributed by atoms with van der Waals surface area (Å²) in [6.07, 6.45) is -19.4. The summed E-state index contributed by atoms with van der Waals surface area (Å²) >= 11 is 1.19. The zero-order valence-electron chi connectivity index (χ0n) is 76.7. The fourth-order valence-electron chi connectivity index (χ4n) is 10.0. The second-order valence-electron chi connectivity index (χ2n) is 21.5. The van der Waals surface area contributed by atoms with E-state index >= 15 is 4.79 Å². The molecule has 0 saturated heterocycles. The molecular formula is C74H80F8N8O4S2. The van der Waals surface area contributed by atoms with Crippen molar-refractivity contribution in [3.8, 4) is 22.3 Å². The molecule has 0 radical (unpaired) electrons. The highest BCUT2D eigenvalue weighted by Gasteiger charge is 2.34. The Morgan fingerprint density at radius 3 is 1.74 bits per heavy atom. The summed E-state index contributed by atoms with van der Waals surface area (Å²) in [7, 11) is 0. The molecule has 96 heavy (non-hydrogen) atoms. The second-order valence-corrected chi connectivity index (χ2v) is 23.4. The number of alkyl halides is 6. The topological polar surface area (TPSA) is 117 Å². The summed E-state index contributed by atoms with van der Waals surface area (Å²) in [4.78, 5) is 69.3. The molecule has 8 aromatic rings. The number of nitrogens with zero attached hydrogens (tertiary/aromatic N) is 8. The quantitative estimate of drug-likeness (QED) is 0.0295. The van der Waals surface area contributed by atoms with Crippen molar-refractivity contribution in [2.75, 3.05) is 52.4 Å². The van der Waals surface area contributed by atoms with Gasteiger partial charge in [0.2, 0.25) is 11.8 Å². The van der Waals surface area contributed by atoms with Gasteiger partial charge < -0.3 is 28.7 Å². The normalized spacial score (nSPS) is 19.1. The summed E-state index contributed by atoms with van der Waals surface area (Å²) < 4.78 is 320. The van der Waals surface area contributed by atoms with Crippen LogP contribution in [-0.4, -0.2) is 103 Å². The minimum absolute atomic E-state index is 0.0858. The van der Waals surface area contributed by atoms with Crippen molar-refractivity contribution < 1.29 is 77.6 Å². The Hall–Kier alpha value is -7.92. The lowest BCUT2D eigenvalue weighted by atomic mass is 9.98. The number of halogens is 8.